The maximum Gasteiger partial charge on any atom is 0.0541 e. The Kier molecular flexibility index (Phi) is 7.55. The molecule has 2 heterocycles. The lowest BCUT2D eigenvalue weighted by Crippen LogP contribution is -2.18. The number of anilines is 3. The molecule has 0 fully saturated rings. The van der Waals surface area contributed by atoms with Crippen LogP contribution in [0.3, 0.4) is 0 Å². The van der Waals surface area contributed by atoms with Crippen molar-refractivity contribution in [1.29, 1.82) is 0 Å². The van der Waals surface area contributed by atoms with Crippen molar-refractivity contribution in [2.45, 2.75) is 32.1 Å². The number of hydrogen-bond acceptors (Lipinski definition) is 2. The molecular formula is C53H40N2S. The van der Waals surface area contributed by atoms with Crippen molar-refractivity contribution in [1.82, 2.24) is 4.57 Å². The fourth-order valence-electron chi connectivity index (χ4n) is 9.31. The fourth-order valence-corrected chi connectivity index (χ4v) is 10.4. The second-order valence-electron chi connectivity index (χ2n) is 15.7. The number of rotatable bonds is 6. The Balaban J connectivity index is 1.00. The third-order valence-electron chi connectivity index (χ3n) is 12.1. The van der Waals surface area contributed by atoms with Gasteiger partial charge in [-0.3, -0.25) is 0 Å². The highest BCUT2D eigenvalue weighted by Gasteiger charge is 2.37. The highest BCUT2D eigenvalue weighted by atomic mass is 32.1. The van der Waals surface area contributed by atoms with E-state index in [4.69, 9.17) is 0 Å². The van der Waals surface area contributed by atoms with Gasteiger partial charge >= 0.3 is 0 Å². The summed E-state index contributed by atoms with van der Waals surface area (Å²) in [6.07, 6.45) is 6.94. The van der Waals surface area contributed by atoms with Gasteiger partial charge in [-0.25, -0.2) is 0 Å². The molecule has 2 nitrogen and oxygen atoms in total. The molecule has 0 aliphatic heterocycles. The number of allylic oxidation sites excluding steroid dienone is 4. The first-order chi connectivity index (χ1) is 27.5. The van der Waals surface area contributed by atoms with Gasteiger partial charge in [-0.1, -0.05) is 123 Å². The van der Waals surface area contributed by atoms with Crippen LogP contribution in [0.25, 0.3) is 64.7 Å². The number of para-hydroxylation sites is 2. The van der Waals surface area contributed by atoms with E-state index in [1.54, 1.807) is 5.57 Å². The van der Waals surface area contributed by atoms with E-state index in [0.717, 1.165) is 24.2 Å². The lowest BCUT2D eigenvalue weighted by atomic mass is 9.78. The summed E-state index contributed by atoms with van der Waals surface area (Å²) in [4.78, 5) is 3.72. The Morgan fingerprint density at radius 1 is 0.571 bits per heavy atom. The van der Waals surface area contributed by atoms with E-state index >= 15 is 0 Å². The van der Waals surface area contributed by atoms with E-state index in [9.17, 15) is 0 Å². The monoisotopic (exact) mass is 736 g/mol. The molecule has 7 aromatic carbocycles. The van der Waals surface area contributed by atoms with Gasteiger partial charge in [0.05, 0.1) is 11.0 Å². The van der Waals surface area contributed by atoms with Crippen molar-refractivity contribution in [3.05, 3.63) is 199 Å². The highest BCUT2D eigenvalue weighted by molar-refractivity contribution is 7.22. The molecule has 3 heteroatoms. The average molecular weight is 737 g/mol. The summed E-state index contributed by atoms with van der Waals surface area (Å²) in [5.74, 6) is 0. The molecule has 0 saturated carbocycles. The van der Waals surface area contributed by atoms with Gasteiger partial charge in [-0.05, 0) is 130 Å². The number of hydrogen-bond donors (Lipinski definition) is 0. The van der Waals surface area contributed by atoms with Crippen LogP contribution in [0.5, 0.6) is 0 Å². The molecule has 0 amide bonds. The van der Waals surface area contributed by atoms with Crippen LogP contribution in [0, 0.1) is 0 Å². The number of benzene rings is 7. The van der Waals surface area contributed by atoms with Crippen LogP contribution in [0.15, 0.2) is 188 Å². The Morgan fingerprint density at radius 2 is 1.25 bits per heavy atom. The zero-order valence-electron chi connectivity index (χ0n) is 31.5. The van der Waals surface area contributed by atoms with Gasteiger partial charge in [0.15, 0.2) is 0 Å². The predicted octanol–water partition coefficient (Wildman–Crippen LogP) is 15.2. The van der Waals surface area contributed by atoms with Crippen LogP contribution >= 0.6 is 11.3 Å². The molecule has 0 atom stereocenters. The van der Waals surface area contributed by atoms with Crippen LogP contribution in [0.1, 0.15) is 37.8 Å². The summed E-state index contributed by atoms with van der Waals surface area (Å²) in [7, 11) is 0. The van der Waals surface area contributed by atoms with Crippen molar-refractivity contribution in [3.8, 4) is 27.3 Å². The van der Waals surface area contributed by atoms with E-state index < -0.39 is 0 Å². The number of thiophene rings is 1. The van der Waals surface area contributed by atoms with Gasteiger partial charge in [-0.15, -0.1) is 11.3 Å². The van der Waals surface area contributed by atoms with E-state index in [2.05, 4.69) is 205 Å². The molecule has 56 heavy (non-hydrogen) atoms. The summed E-state index contributed by atoms with van der Waals surface area (Å²) >= 11 is 1.86. The molecule has 0 unspecified atom stereocenters. The summed E-state index contributed by atoms with van der Waals surface area (Å²) in [5.41, 5.74) is 16.5. The quantitative estimate of drug-likeness (QED) is 0.165. The van der Waals surface area contributed by atoms with Crippen LogP contribution in [0.4, 0.5) is 17.1 Å². The molecule has 0 radical (unpaired) electrons. The zero-order valence-corrected chi connectivity index (χ0v) is 32.4. The minimum Gasteiger partial charge on any atom is -0.310 e. The first-order valence-corrected chi connectivity index (χ1v) is 20.5. The average Bonchev–Trinajstić information content (AvgIpc) is 3.90. The minimum absolute atomic E-state index is 0.00568. The molecule has 0 bridgehead atoms. The van der Waals surface area contributed by atoms with Crippen LogP contribution in [-0.4, -0.2) is 4.57 Å². The lowest BCUT2D eigenvalue weighted by molar-refractivity contribution is 0.607. The molecule has 0 saturated heterocycles. The van der Waals surface area contributed by atoms with Crippen molar-refractivity contribution < 1.29 is 0 Å². The van der Waals surface area contributed by atoms with Gasteiger partial charge in [0.1, 0.15) is 0 Å². The number of nitrogens with zero attached hydrogens (tertiary/aromatic N) is 2. The largest absolute Gasteiger partial charge is 0.310 e. The molecule has 2 aliphatic rings. The van der Waals surface area contributed by atoms with Crippen LogP contribution in [-0.2, 0) is 5.41 Å². The summed E-state index contributed by atoms with van der Waals surface area (Å²) < 4.78 is 3.70. The van der Waals surface area contributed by atoms with Gasteiger partial charge in [0.2, 0.25) is 0 Å². The summed E-state index contributed by atoms with van der Waals surface area (Å²) in [6, 6.07) is 62.7. The van der Waals surface area contributed by atoms with Crippen molar-refractivity contribution in [3.63, 3.8) is 0 Å². The van der Waals surface area contributed by atoms with Gasteiger partial charge < -0.3 is 9.47 Å². The molecular weight excluding hydrogens is 697 g/mol. The van der Waals surface area contributed by atoms with Gasteiger partial charge in [0, 0.05) is 48.5 Å². The Hall–Kier alpha value is -6.42. The minimum atomic E-state index is -0.00568. The standard InChI is InChI=1S/C53H40N2S/c1-53(2)47-17-9-7-15-43(47)44-30-29-42(34-48(44)53)54(41-27-22-36(23-28-41)52-33-38-12-6-11-19-51(38)56-52)40-25-20-35(21-26-40)37-24-31-50-46(32-37)45-16-8-10-18-49(45)55(50)39-13-4-3-5-14-39/h3-8,10-16,18-34H,9,17H2,1-2H3. The Bertz CT molecular complexity index is 3000. The molecule has 9 aromatic rings. The van der Waals surface area contributed by atoms with Gasteiger partial charge in [-0.2, -0.15) is 0 Å². The Labute approximate surface area is 331 Å². The molecule has 2 aliphatic carbocycles. The van der Waals surface area contributed by atoms with Crippen molar-refractivity contribution in [2.75, 3.05) is 4.90 Å². The molecule has 11 rings (SSSR count). The first kappa shape index (κ1) is 33.0. The van der Waals surface area contributed by atoms with E-state index in [1.165, 1.54) is 81.5 Å². The maximum atomic E-state index is 2.45. The highest BCUT2D eigenvalue weighted by Crippen LogP contribution is 2.52. The van der Waals surface area contributed by atoms with E-state index in [0.29, 0.717) is 0 Å². The topological polar surface area (TPSA) is 8.17 Å². The predicted molar refractivity (Wildman–Crippen MR) is 240 cm³/mol. The first-order valence-electron chi connectivity index (χ1n) is 19.6. The number of fused-ring (bicyclic) bond motifs is 6. The third kappa shape index (κ3) is 5.22. The van der Waals surface area contributed by atoms with Crippen molar-refractivity contribution in [2.24, 2.45) is 0 Å². The molecule has 268 valence electrons. The van der Waals surface area contributed by atoms with Crippen LogP contribution < -0.4 is 4.90 Å². The van der Waals surface area contributed by atoms with Crippen molar-refractivity contribution >= 4 is 65.9 Å². The smallest absolute Gasteiger partial charge is 0.0541 e. The second-order valence-corrected chi connectivity index (χ2v) is 16.8. The van der Waals surface area contributed by atoms with Gasteiger partial charge in [0.25, 0.3) is 0 Å². The second kappa shape index (κ2) is 12.8. The van der Waals surface area contributed by atoms with E-state index in [-0.39, 0.29) is 5.41 Å². The molecule has 0 N–H and O–H groups in total. The maximum absolute atomic E-state index is 2.45. The molecule has 2 aromatic heterocycles. The third-order valence-corrected chi connectivity index (χ3v) is 13.3. The van der Waals surface area contributed by atoms with Crippen LogP contribution in [0.2, 0.25) is 0 Å². The SMILES string of the molecule is CC1(C)C2=C(C=CCC2)c2ccc(N(c3ccc(-c4ccc5c(c4)c4ccccc4n5-c4ccccc4)cc3)c3ccc(-c4cc5ccccc5s4)cc3)cc21. The lowest BCUT2D eigenvalue weighted by Gasteiger charge is -2.29. The zero-order chi connectivity index (χ0) is 37.4. The number of aromatic nitrogens is 1. The normalized spacial score (nSPS) is 14.5. The molecule has 0 spiro atoms. The Morgan fingerprint density at radius 3 is 2.05 bits per heavy atom. The fraction of sp³-hybridized carbons (Fsp3) is 0.0943. The summed E-state index contributed by atoms with van der Waals surface area (Å²) in [5, 5.41) is 3.82. The van der Waals surface area contributed by atoms with E-state index in [1.807, 2.05) is 11.3 Å². The summed E-state index contributed by atoms with van der Waals surface area (Å²) in [6.45, 7) is 4.81.